The number of hydrogen-bond donors (Lipinski definition) is 0. The van der Waals surface area contributed by atoms with Crippen molar-refractivity contribution in [2.75, 3.05) is 19.6 Å². The lowest BCUT2D eigenvalue weighted by atomic mass is 10.1. The molecule has 1 aliphatic rings. The van der Waals surface area contributed by atoms with Gasteiger partial charge in [0.2, 0.25) is 11.8 Å². The fourth-order valence-electron chi connectivity index (χ4n) is 3.88. The average Bonchev–Trinajstić information content (AvgIpc) is 3.14. The molecule has 2 amide bonds. The number of aryl methyl sites for hydroxylation is 2. The highest BCUT2D eigenvalue weighted by molar-refractivity contribution is 5.87. The van der Waals surface area contributed by atoms with Crippen molar-refractivity contribution >= 4 is 11.8 Å². The first-order valence-corrected chi connectivity index (χ1v) is 9.74. The van der Waals surface area contributed by atoms with Gasteiger partial charge in [0.25, 0.3) is 0 Å². The Kier molecular flexibility index (Phi) is 5.99. The van der Waals surface area contributed by atoms with Gasteiger partial charge in [-0.2, -0.15) is 0 Å². The summed E-state index contributed by atoms with van der Waals surface area (Å²) in [5.74, 6) is 0.0731. The Morgan fingerprint density at radius 3 is 2.33 bits per heavy atom. The molecule has 1 aliphatic heterocycles. The smallest absolute Gasteiger partial charge is 0.246 e. The van der Waals surface area contributed by atoms with E-state index in [1.54, 1.807) is 4.90 Å². The van der Waals surface area contributed by atoms with Gasteiger partial charge in [0.05, 0.1) is 6.54 Å². The Labute approximate surface area is 161 Å². The first-order valence-electron chi connectivity index (χ1n) is 9.74. The average molecular weight is 367 g/mol. The van der Waals surface area contributed by atoms with Gasteiger partial charge < -0.3 is 14.4 Å². The molecular weight excluding hydrogens is 338 g/mol. The molecule has 1 saturated heterocycles. The predicted molar refractivity (Wildman–Crippen MR) is 106 cm³/mol. The van der Waals surface area contributed by atoms with E-state index in [2.05, 4.69) is 39.0 Å². The van der Waals surface area contributed by atoms with Crippen molar-refractivity contribution in [2.24, 2.45) is 0 Å². The number of amides is 2. The third-order valence-electron chi connectivity index (χ3n) is 5.12. The van der Waals surface area contributed by atoms with Gasteiger partial charge in [0.15, 0.2) is 0 Å². The van der Waals surface area contributed by atoms with Crippen LogP contribution in [0, 0.1) is 13.8 Å². The highest BCUT2D eigenvalue weighted by Gasteiger charge is 2.31. The number of rotatable bonds is 6. The maximum absolute atomic E-state index is 13.0. The van der Waals surface area contributed by atoms with Gasteiger partial charge in [-0.1, -0.05) is 42.7 Å². The van der Waals surface area contributed by atoms with Crippen molar-refractivity contribution in [3.05, 3.63) is 59.4 Å². The van der Waals surface area contributed by atoms with Gasteiger partial charge in [0.1, 0.15) is 6.04 Å². The summed E-state index contributed by atoms with van der Waals surface area (Å²) in [7, 11) is 0. The molecule has 0 saturated carbocycles. The fourth-order valence-corrected chi connectivity index (χ4v) is 3.88. The van der Waals surface area contributed by atoms with Crippen molar-refractivity contribution in [3.63, 3.8) is 0 Å². The number of hydrogen-bond acceptors (Lipinski definition) is 2. The van der Waals surface area contributed by atoms with E-state index in [1.807, 2.05) is 34.0 Å². The molecule has 0 spiro atoms. The van der Waals surface area contributed by atoms with Crippen LogP contribution in [-0.4, -0.2) is 45.8 Å². The minimum Gasteiger partial charge on any atom is -0.342 e. The van der Waals surface area contributed by atoms with Crippen LogP contribution in [0.3, 0.4) is 0 Å². The topological polar surface area (TPSA) is 45.6 Å². The van der Waals surface area contributed by atoms with Gasteiger partial charge >= 0.3 is 0 Å². The number of aromatic nitrogens is 1. The quantitative estimate of drug-likeness (QED) is 0.786. The monoisotopic (exact) mass is 367 g/mol. The maximum Gasteiger partial charge on any atom is 0.246 e. The van der Waals surface area contributed by atoms with E-state index in [0.717, 1.165) is 18.4 Å². The summed E-state index contributed by atoms with van der Waals surface area (Å²) < 4.78 is 1.96. The van der Waals surface area contributed by atoms with Gasteiger partial charge in [-0.3, -0.25) is 9.59 Å². The van der Waals surface area contributed by atoms with E-state index in [9.17, 15) is 9.59 Å². The second kappa shape index (κ2) is 8.42. The summed E-state index contributed by atoms with van der Waals surface area (Å²) >= 11 is 0. The summed E-state index contributed by atoms with van der Waals surface area (Å²) in [6, 6.07) is 10.0. The molecule has 0 bridgehead atoms. The van der Waals surface area contributed by atoms with Crippen LogP contribution in [0.2, 0.25) is 0 Å². The van der Waals surface area contributed by atoms with Crippen LogP contribution in [0.15, 0.2) is 42.7 Å². The molecule has 0 unspecified atom stereocenters. The highest BCUT2D eigenvalue weighted by Crippen LogP contribution is 2.20. The number of carbonyl (C=O) groups excluding carboxylic acids is 2. The van der Waals surface area contributed by atoms with E-state index in [-0.39, 0.29) is 24.4 Å². The first kappa shape index (κ1) is 19.2. The van der Waals surface area contributed by atoms with E-state index in [0.29, 0.717) is 19.6 Å². The molecule has 2 aromatic rings. The number of piperazine rings is 1. The molecular formula is C22H29N3O2. The zero-order valence-electron chi connectivity index (χ0n) is 16.5. The van der Waals surface area contributed by atoms with Gasteiger partial charge in [-0.25, -0.2) is 0 Å². The molecule has 1 aromatic heterocycles. The predicted octanol–water partition coefficient (Wildman–Crippen LogP) is 3.32. The second-order valence-corrected chi connectivity index (χ2v) is 7.51. The Morgan fingerprint density at radius 1 is 1.07 bits per heavy atom. The number of carbonyl (C=O) groups is 2. The van der Waals surface area contributed by atoms with Crippen LogP contribution < -0.4 is 0 Å². The van der Waals surface area contributed by atoms with Crippen molar-refractivity contribution in [1.29, 1.82) is 0 Å². The van der Waals surface area contributed by atoms with Crippen LogP contribution in [0.1, 0.15) is 42.5 Å². The van der Waals surface area contributed by atoms with Crippen molar-refractivity contribution in [3.8, 4) is 0 Å². The van der Waals surface area contributed by atoms with Crippen LogP contribution >= 0.6 is 0 Å². The van der Waals surface area contributed by atoms with Crippen LogP contribution in [0.4, 0.5) is 0 Å². The van der Waals surface area contributed by atoms with Crippen molar-refractivity contribution in [1.82, 2.24) is 14.4 Å². The minimum absolute atomic E-state index is 0.0245. The van der Waals surface area contributed by atoms with Gasteiger partial charge in [-0.15, -0.1) is 0 Å². The summed E-state index contributed by atoms with van der Waals surface area (Å²) in [5.41, 5.74) is 3.57. The Hall–Kier alpha value is -2.56. The summed E-state index contributed by atoms with van der Waals surface area (Å²) in [4.78, 5) is 29.3. The Balaban J connectivity index is 1.65. The maximum atomic E-state index is 13.0. The molecule has 5 heteroatoms. The second-order valence-electron chi connectivity index (χ2n) is 7.51. The van der Waals surface area contributed by atoms with E-state index in [4.69, 9.17) is 0 Å². The van der Waals surface area contributed by atoms with Gasteiger partial charge in [-0.05, 0) is 38.0 Å². The number of benzene rings is 1. The van der Waals surface area contributed by atoms with Crippen molar-refractivity contribution in [2.45, 2.75) is 46.2 Å². The third-order valence-corrected chi connectivity index (χ3v) is 5.12. The molecule has 3 rings (SSSR count). The normalized spacial score (nSPS) is 15.9. The first-order chi connectivity index (χ1) is 13.0. The molecule has 0 aliphatic carbocycles. The molecule has 5 nitrogen and oxygen atoms in total. The van der Waals surface area contributed by atoms with Gasteiger partial charge in [0, 0.05) is 32.0 Å². The standard InChI is InChI=1S/C22H29N3O2/c1-4-7-20(23-8-5-6-9-23)22(27)25-11-10-24(21(26)16-25)15-19-13-17(2)12-18(3)14-19/h5-6,8-9,12-14,20H,4,7,10-11,15-16H2,1-3H3/t20-/m0/s1. The summed E-state index contributed by atoms with van der Waals surface area (Å²) in [6.07, 6.45) is 5.56. The zero-order valence-corrected chi connectivity index (χ0v) is 16.5. The van der Waals surface area contributed by atoms with E-state index < -0.39 is 0 Å². The summed E-state index contributed by atoms with van der Waals surface area (Å²) in [6.45, 7) is 8.19. The van der Waals surface area contributed by atoms with Crippen molar-refractivity contribution < 1.29 is 9.59 Å². The fraction of sp³-hybridized carbons (Fsp3) is 0.455. The zero-order chi connectivity index (χ0) is 19.4. The molecule has 144 valence electrons. The molecule has 2 heterocycles. The van der Waals surface area contributed by atoms with Crippen LogP contribution in [-0.2, 0) is 16.1 Å². The molecule has 1 atom stereocenters. The SMILES string of the molecule is CCC[C@@H](C(=O)N1CCN(Cc2cc(C)cc(C)c2)C(=O)C1)n1cccc1. The lowest BCUT2D eigenvalue weighted by Crippen LogP contribution is -2.53. The molecule has 1 fully saturated rings. The lowest BCUT2D eigenvalue weighted by molar-refractivity contribution is -0.147. The minimum atomic E-state index is -0.219. The van der Waals surface area contributed by atoms with Crippen LogP contribution in [0.25, 0.3) is 0 Å². The molecule has 0 N–H and O–H groups in total. The van der Waals surface area contributed by atoms with E-state index >= 15 is 0 Å². The Bertz CT molecular complexity index is 778. The molecule has 1 aromatic carbocycles. The summed E-state index contributed by atoms with van der Waals surface area (Å²) in [5, 5.41) is 0. The largest absolute Gasteiger partial charge is 0.342 e. The molecule has 0 radical (unpaired) electrons. The van der Waals surface area contributed by atoms with E-state index in [1.165, 1.54) is 11.1 Å². The number of nitrogens with zero attached hydrogens (tertiary/aromatic N) is 3. The lowest BCUT2D eigenvalue weighted by Gasteiger charge is -2.36. The Morgan fingerprint density at radius 2 is 1.74 bits per heavy atom. The third kappa shape index (κ3) is 4.59. The molecule has 27 heavy (non-hydrogen) atoms. The highest BCUT2D eigenvalue weighted by atomic mass is 16.2. The van der Waals surface area contributed by atoms with Crippen LogP contribution in [0.5, 0.6) is 0 Å².